The second kappa shape index (κ2) is 10.6. The van der Waals surface area contributed by atoms with Crippen LogP contribution in [-0.2, 0) is 13.2 Å². The molecule has 3 aromatic heterocycles. The lowest BCUT2D eigenvalue weighted by molar-refractivity contribution is 0.276. The van der Waals surface area contributed by atoms with E-state index in [1.165, 1.54) is 5.56 Å². The minimum Gasteiger partial charge on any atom is -0.493 e. The van der Waals surface area contributed by atoms with Crippen LogP contribution in [0, 0.1) is 0 Å². The van der Waals surface area contributed by atoms with Crippen LogP contribution in [0.5, 0.6) is 11.5 Å². The largest absolute Gasteiger partial charge is 0.493 e. The molecule has 0 saturated heterocycles. The van der Waals surface area contributed by atoms with Crippen LogP contribution in [0.3, 0.4) is 0 Å². The number of para-hydroxylation sites is 2. The van der Waals surface area contributed by atoms with E-state index in [2.05, 4.69) is 77.4 Å². The summed E-state index contributed by atoms with van der Waals surface area (Å²) in [6.07, 6.45) is 1.74. The minimum absolute atomic E-state index is 0.195. The van der Waals surface area contributed by atoms with Crippen molar-refractivity contribution in [1.82, 2.24) is 24.1 Å². The van der Waals surface area contributed by atoms with Gasteiger partial charge in [-0.2, -0.15) is 0 Å². The molecule has 0 atom stereocenters. The van der Waals surface area contributed by atoms with Crippen LogP contribution < -0.4 is 9.47 Å². The van der Waals surface area contributed by atoms with Gasteiger partial charge in [0.15, 0.2) is 23.0 Å². The molecule has 0 radical (unpaired) electrons. The SMILES string of the molecule is COc1ccccc1OCc1nc2c3c(-c4ccccc4)c(-c4ccccc4)n(Cc4ccccc4)c3ncn2n1. The summed E-state index contributed by atoms with van der Waals surface area (Å²) in [6.45, 7) is 0.857. The van der Waals surface area contributed by atoms with E-state index in [4.69, 9.17) is 24.5 Å². The quantitative estimate of drug-likeness (QED) is 0.208. The second-order valence-electron chi connectivity index (χ2n) is 9.71. The van der Waals surface area contributed by atoms with Crippen molar-refractivity contribution in [3.05, 3.63) is 133 Å². The predicted molar refractivity (Wildman–Crippen MR) is 160 cm³/mol. The first-order valence-electron chi connectivity index (χ1n) is 13.5. The number of ether oxygens (including phenoxy) is 2. The highest BCUT2D eigenvalue weighted by Gasteiger charge is 2.25. The van der Waals surface area contributed by atoms with E-state index in [-0.39, 0.29) is 6.61 Å². The van der Waals surface area contributed by atoms with Gasteiger partial charge in [-0.3, -0.25) is 0 Å². The van der Waals surface area contributed by atoms with E-state index < -0.39 is 0 Å². The molecule has 7 rings (SSSR count). The molecule has 41 heavy (non-hydrogen) atoms. The zero-order chi connectivity index (χ0) is 27.6. The summed E-state index contributed by atoms with van der Waals surface area (Å²) in [4.78, 5) is 9.94. The molecule has 0 saturated carbocycles. The lowest BCUT2D eigenvalue weighted by Crippen LogP contribution is -2.03. The maximum atomic E-state index is 6.06. The lowest BCUT2D eigenvalue weighted by atomic mass is 9.99. The Bertz CT molecular complexity index is 1950. The molecule has 7 heteroatoms. The maximum absolute atomic E-state index is 6.06. The molecule has 0 unspecified atom stereocenters. The van der Waals surface area contributed by atoms with Crippen molar-refractivity contribution in [2.45, 2.75) is 13.2 Å². The zero-order valence-corrected chi connectivity index (χ0v) is 22.5. The fourth-order valence-electron chi connectivity index (χ4n) is 5.32. The summed E-state index contributed by atoms with van der Waals surface area (Å²) >= 11 is 0. The molecule has 7 nitrogen and oxygen atoms in total. The lowest BCUT2D eigenvalue weighted by Gasteiger charge is -2.13. The van der Waals surface area contributed by atoms with Gasteiger partial charge >= 0.3 is 0 Å². The van der Waals surface area contributed by atoms with Gasteiger partial charge in [-0.25, -0.2) is 14.5 Å². The van der Waals surface area contributed by atoms with Gasteiger partial charge in [-0.05, 0) is 28.8 Å². The van der Waals surface area contributed by atoms with Gasteiger partial charge in [0.05, 0.1) is 18.2 Å². The number of aromatic nitrogens is 5. The first kappa shape index (κ1) is 24.6. The van der Waals surface area contributed by atoms with E-state index in [9.17, 15) is 0 Å². The Hall–Kier alpha value is -5.43. The van der Waals surface area contributed by atoms with Crippen LogP contribution in [0.4, 0.5) is 0 Å². The summed E-state index contributed by atoms with van der Waals surface area (Å²) in [7, 11) is 1.63. The number of hydrogen-bond acceptors (Lipinski definition) is 5. The number of fused-ring (bicyclic) bond motifs is 3. The molecular formula is C34H27N5O2. The van der Waals surface area contributed by atoms with Gasteiger partial charge in [0.2, 0.25) is 0 Å². The van der Waals surface area contributed by atoms with Crippen molar-refractivity contribution in [3.63, 3.8) is 0 Å². The molecular weight excluding hydrogens is 510 g/mol. The third-order valence-electron chi connectivity index (χ3n) is 7.14. The molecule has 0 aliphatic heterocycles. The molecule has 0 bridgehead atoms. The standard InChI is InChI=1S/C34H27N5O2/c1-40-27-19-11-12-20-28(27)41-22-29-36-34-31-30(25-15-7-3-8-16-25)32(26-17-9-4-10-18-26)38(21-24-13-5-2-6-14-24)33(31)35-23-39(34)37-29/h2-20,23H,21-22H2,1H3. The normalized spacial score (nSPS) is 11.2. The second-order valence-corrected chi connectivity index (χ2v) is 9.71. The molecule has 0 aliphatic rings. The topological polar surface area (TPSA) is 66.5 Å². The van der Waals surface area contributed by atoms with Crippen molar-refractivity contribution in [2.24, 2.45) is 0 Å². The monoisotopic (exact) mass is 537 g/mol. The summed E-state index contributed by atoms with van der Waals surface area (Å²) in [5.74, 6) is 1.86. The highest BCUT2D eigenvalue weighted by molar-refractivity contribution is 6.09. The van der Waals surface area contributed by atoms with Gasteiger partial charge in [-0.15, -0.1) is 5.10 Å². The Kier molecular flexibility index (Phi) is 6.37. The zero-order valence-electron chi connectivity index (χ0n) is 22.5. The average molecular weight is 538 g/mol. The van der Waals surface area contributed by atoms with Gasteiger partial charge < -0.3 is 14.0 Å². The van der Waals surface area contributed by atoms with E-state index in [1.54, 1.807) is 18.0 Å². The van der Waals surface area contributed by atoms with Crippen LogP contribution >= 0.6 is 0 Å². The maximum Gasteiger partial charge on any atom is 0.189 e. The first-order valence-corrected chi connectivity index (χ1v) is 13.5. The summed E-state index contributed by atoms with van der Waals surface area (Å²) in [6, 6.07) is 38.9. The third kappa shape index (κ3) is 4.57. The number of methoxy groups -OCH3 is 1. The summed E-state index contributed by atoms with van der Waals surface area (Å²) in [5.41, 5.74) is 7.14. The first-order chi connectivity index (χ1) is 20.3. The fraction of sp³-hybridized carbons (Fsp3) is 0.0882. The van der Waals surface area contributed by atoms with Gasteiger partial charge in [-0.1, -0.05) is 103 Å². The predicted octanol–water partition coefficient (Wildman–Crippen LogP) is 7.05. The van der Waals surface area contributed by atoms with Crippen molar-refractivity contribution >= 4 is 16.7 Å². The van der Waals surface area contributed by atoms with E-state index >= 15 is 0 Å². The van der Waals surface area contributed by atoms with Gasteiger partial charge in [0.1, 0.15) is 18.6 Å². The van der Waals surface area contributed by atoms with Crippen LogP contribution in [-0.4, -0.2) is 31.3 Å². The highest BCUT2D eigenvalue weighted by Crippen LogP contribution is 2.42. The minimum atomic E-state index is 0.195. The van der Waals surface area contributed by atoms with E-state index in [0.717, 1.165) is 39.1 Å². The van der Waals surface area contributed by atoms with Gasteiger partial charge in [0.25, 0.3) is 0 Å². The molecule has 3 heterocycles. The Labute approximate surface area is 237 Å². The number of rotatable bonds is 8. The Morgan fingerprint density at radius 2 is 1.32 bits per heavy atom. The van der Waals surface area contributed by atoms with Crippen LogP contribution in [0.2, 0.25) is 0 Å². The van der Waals surface area contributed by atoms with Gasteiger partial charge in [0, 0.05) is 12.1 Å². The molecule has 0 fully saturated rings. The molecule has 4 aromatic carbocycles. The summed E-state index contributed by atoms with van der Waals surface area (Å²) in [5, 5.41) is 5.68. The number of nitrogens with zero attached hydrogens (tertiary/aromatic N) is 5. The highest BCUT2D eigenvalue weighted by atomic mass is 16.5. The fourth-order valence-corrected chi connectivity index (χ4v) is 5.32. The number of hydrogen-bond donors (Lipinski definition) is 0. The summed E-state index contributed by atoms with van der Waals surface area (Å²) < 4.78 is 15.5. The molecule has 0 amide bonds. The van der Waals surface area contributed by atoms with E-state index in [1.807, 2.05) is 42.5 Å². The Morgan fingerprint density at radius 1 is 0.683 bits per heavy atom. The van der Waals surface area contributed by atoms with Crippen LogP contribution in [0.15, 0.2) is 122 Å². The van der Waals surface area contributed by atoms with Crippen molar-refractivity contribution in [1.29, 1.82) is 0 Å². The molecule has 0 spiro atoms. The smallest absolute Gasteiger partial charge is 0.189 e. The third-order valence-corrected chi connectivity index (χ3v) is 7.14. The van der Waals surface area contributed by atoms with Crippen molar-refractivity contribution in [2.75, 3.05) is 7.11 Å². The van der Waals surface area contributed by atoms with Crippen molar-refractivity contribution in [3.8, 4) is 33.9 Å². The van der Waals surface area contributed by atoms with Crippen LogP contribution in [0.1, 0.15) is 11.4 Å². The molecule has 0 aliphatic carbocycles. The number of benzene rings is 4. The molecule has 7 aromatic rings. The molecule has 200 valence electrons. The Balaban J connectivity index is 1.45. The van der Waals surface area contributed by atoms with Crippen molar-refractivity contribution < 1.29 is 9.47 Å². The van der Waals surface area contributed by atoms with E-state index in [0.29, 0.717) is 23.9 Å². The molecule has 0 N–H and O–H groups in total. The average Bonchev–Trinajstić information content (AvgIpc) is 3.60. The van der Waals surface area contributed by atoms with Crippen LogP contribution in [0.25, 0.3) is 39.1 Å². The Morgan fingerprint density at radius 3 is 2.02 bits per heavy atom.